The zero-order valence-electron chi connectivity index (χ0n) is 23.4. The number of hydrogen-bond acceptors (Lipinski definition) is 3. The summed E-state index contributed by atoms with van der Waals surface area (Å²) in [5.41, 5.74) is 10.9. The zero-order chi connectivity index (χ0) is 28.6. The van der Waals surface area contributed by atoms with Crippen LogP contribution in [0.1, 0.15) is 0 Å². The van der Waals surface area contributed by atoms with E-state index in [1.807, 2.05) is 49.5 Å². The van der Waals surface area contributed by atoms with Crippen LogP contribution in [-0.2, 0) is 14.1 Å². The number of aromatic nitrogens is 4. The molecule has 0 aliphatic carbocycles. The number of imidazole rings is 1. The van der Waals surface area contributed by atoms with E-state index < -0.39 is 0 Å². The molecule has 0 spiro atoms. The predicted octanol–water partition coefficient (Wildman–Crippen LogP) is 8.00. The van der Waals surface area contributed by atoms with Crippen LogP contribution in [0.5, 0.6) is 0 Å². The summed E-state index contributed by atoms with van der Waals surface area (Å²) in [4.78, 5) is 22.5. The second-order valence-electron chi connectivity index (χ2n) is 10.5. The maximum Gasteiger partial charge on any atom is 0.328 e. The van der Waals surface area contributed by atoms with E-state index >= 15 is 0 Å². The van der Waals surface area contributed by atoms with Gasteiger partial charge in [-0.1, -0.05) is 103 Å². The highest BCUT2D eigenvalue weighted by Gasteiger charge is 2.13. The van der Waals surface area contributed by atoms with Gasteiger partial charge < -0.3 is 0 Å². The van der Waals surface area contributed by atoms with Gasteiger partial charge in [-0.05, 0) is 52.6 Å². The topological polar surface area (TPSA) is 52.7 Å². The molecule has 0 aliphatic rings. The van der Waals surface area contributed by atoms with E-state index in [0.717, 1.165) is 61.4 Å². The summed E-state index contributed by atoms with van der Waals surface area (Å²) in [6.45, 7) is 0. The Morgan fingerprint density at radius 2 is 0.905 bits per heavy atom. The summed E-state index contributed by atoms with van der Waals surface area (Å²) in [5, 5.41) is 0. The van der Waals surface area contributed by atoms with Gasteiger partial charge in [-0.3, -0.25) is 9.13 Å². The summed E-state index contributed by atoms with van der Waals surface area (Å²) >= 11 is 0. The number of rotatable bonds is 5. The molecule has 0 atom stereocenters. The molecule has 7 aromatic rings. The lowest BCUT2D eigenvalue weighted by atomic mass is 9.99. The Bertz CT molecular complexity index is 2130. The Hall–Kier alpha value is -5.55. The van der Waals surface area contributed by atoms with Crippen molar-refractivity contribution in [1.82, 2.24) is 19.1 Å². The molecule has 5 nitrogen and oxygen atoms in total. The molecule has 7 rings (SSSR count). The van der Waals surface area contributed by atoms with Crippen LogP contribution in [0.4, 0.5) is 0 Å². The second-order valence-corrected chi connectivity index (χ2v) is 10.5. The predicted molar refractivity (Wildman–Crippen MR) is 171 cm³/mol. The van der Waals surface area contributed by atoms with Crippen LogP contribution in [0.3, 0.4) is 0 Å². The molecular formula is C37H28N4O. The molecule has 0 saturated carbocycles. The molecule has 5 heteroatoms. The van der Waals surface area contributed by atoms with E-state index in [-0.39, 0.29) is 5.69 Å². The second kappa shape index (κ2) is 10.5. The molecule has 0 aliphatic heterocycles. The first-order chi connectivity index (χ1) is 20.5. The van der Waals surface area contributed by atoms with Crippen molar-refractivity contribution < 1.29 is 0 Å². The minimum atomic E-state index is -0.0332. The highest BCUT2D eigenvalue weighted by atomic mass is 16.1. The van der Waals surface area contributed by atoms with Crippen molar-refractivity contribution in [2.75, 3.05) is 0 Å². The molecule has 0 unspecified atom stereocenters. The van der Waals surface area contributed by atoms with Gasteiger partial charge in [0.25, 0.3) is 0 Å². The lowest BCUT2D eigenvalue weighted by Crippen LogP contribution is -2.19. The first kappa shape index (κ1) is 25.4. The van der Waals surface area contributed by atoms with Gasteiger partial charge in [0.15, 0.2) is 5.82 Å². The van der Waals surface area contributed by atoms with Crippen molar-refractivity contribution >= 4 is 11.0 Å². The van der Waals surface area contributed by atoms with Gasteiger partial charge in [0.05, 0.1) is 22.4 Å². The van der Waals surface area contributed by atoms with Crippen molar-refractivity contribution in [3.63, 3.8) is 0 Å². The van der Waals surface area contributed by atoms with Crippen LogP contribution in [0.2, 0.25) is 0 Å². The van der Waals surface area contributed by atoms with Crippen LogP contribution in [0.15, 0.2) is 138 Å². The van der Waals surface area contributed by atoms with Crippen molar-refractivity contribution in [2.45, 2.75) is 0 Å². The smallest absolute Gasteiger partial charge is 0.295 e. The quantitative estimate of drug-likeness (QED) is 0.221. The van der Waals surface area contributed by atoms with Crippen molar-refractivity contribution in [3.05, 3.63) is 144 Å². The summed E-state index contributed by atoms with van der Waals surface area (Å²) in [7, 11) is 3.61. The Balaban J connectivity index is 1.36. The summed E-state index contributed by atoms with van der Waals surface area (Å²) in [5.74, 6) is 0.680. The molecule has 0 N–H and O–H groups in total. The number of nitrogens with zero attached hydrogens (tertiary/aromatic N) is 4. The fourth-order valence-electron chi connectivity index (χ4n) is 5.49. The van der Waals surface area contributed by atoms with Gasteiger partial charge in [-0.2, -0.15) is 0 Å². The molecular weight excluding hydrogens is 516 g/mol. The van der Waals surface area contributed by atoms with Crippen molar-refractivity contribution in [3.8, 4) is 56.2 Å². The molecule has 0 amide bonds. The number of aryl methyl sites for hydroxylation is 2. The normalized spacial score (nSPS) is 11.2. The average Bonchev–Trinajstić information content (AvgIpc) is 3.28. The van der Waals surface area contributed by atoms with E-state index in [9.17, 15) is 4.79 Å². The summed E-state index contributed by atoms with van der Waals surface area (Å²) in [6, 6.07) is 45.6. The van der Waals surface area contributed by atoms with Gasteiger partial charge in [-0.25, -0.2) is 14.8 Å². The Labute approximate surface area is 244 Å². The van der Waals surface area contributed by atoms with E-state index in [1.165, 1.54) is 0 Å². The molecule has 2 heterocycles. The molecule has 0 bridgehead atoms. The fraction of sp³-hybridized carbons (Fsp3) is 0.0541. The maximum atomic E-state index is 12.5. The first-order valence-corrected chi connectivity index (χ1v) is 13.9. The molecule has 5 aromatic carbocycles. The van der Waals surface area contributed by atoms with Gasteiger partial charge >= 0.3 is 5.69 Å². The van der Waals surface area contributed by atoms with E-state index in [2.05, 4.69) is 91.0 Å². The fourth-order valence-corrected chi connectivity index (χ4v) is 5.49. The van der Waals surface area contributed by atoms with Crippen LogP contribution in [0, 0.1) is 0 Å². The highest BCUT2D eigenvalue weighted by molar-refractivity contribution is 5.84. The molecule has 42 heavy (non-hydrogen) atoms. The largest absolute Gasteiger partial charge is 0.328 e. The average molecular weight is 545 g/mol. The van der Waals surface area contributed by atoms with Crippen molar-refractivity contribution in [1.29, 1.82) is 0 Å². The lowest BCUT2D eigenvalue weighted by molar-refractivity contribution is 0.795. The first-order valence-electron chi connectivity index (χ1n) is 13.9. The third-order valence-electron chi connectivity index (χ3n) is 7.79. The maximum absolute atomic E-state index is 12.5. The van der Waals surface area contributed by atoms with E-state index in [1.54, 1.807) is 16.2 Å². The monoisotopic (exact) mass is 544 g/mol. The Morgan fingerprint density at radius 3 is 1.52 bits per heavy atom. The van der Waals surface area contributed by atoms with E-state index in [0.29, 0.717) is 5.82 Å². The minimum Gasteiger partial charge on any atom is -0.295 e. The van der Waals surface area contributed by atoms with Crippen LogP contribution < -0.4 is 5.69 Å². The highest BCUT2D eigenvalue weighted by Crippen LogP contribution is 2.32. The van der Waals surface area contributed by atoms with Gasteiger partial charge in [0.2, 0.25) is 0 Å². The van der Waals surface area contributed by atoms with Crippen LogP contribution in [-0.4, -0.2) is 19.1 Å². The lowest BCUT2D eigenvalue weighted by Gasteiger charge is -2.12. The van der Waals surface area contributed by atoms with Gasteiger partial charge in [0.1, 0.15) is 0 Å². The van der Waals surface area contributed by atoms with Crippen molar-refractivity contribution in [2.24, 2.45) is 14.1 Å². The minimum absolute atomic E-state index is 0.0332. The molecule has 0 radical (unpaired) electrons. The molecule has 2 aromatic heterocycles. The molecule has 202 valence electrons. The summed E-state index contributed by atoms with van der Waals surface area (Å²) < 4.78 is 3.37. The standard InChI is InChI=1S/C37H28N4O/c1-40-34-20-19-29(23-35(34)41(2)37(40)42)28-16-10-18-31(22-28)33-24-32(38-36(39-33)26-13-7-4-8-14-26)30-17-9-15-27(21-30)25-11-5-3-6-12-25/h3-24H,1-2H3. The number of benzene rings is 5. The Morgan fingerprint density at radius 1 is 0.429 bits per heavy atom. The summed E-state index contributed by atoms with van der Waals surface area (Å²) in [6.07, 6.45) is 0. The zero-order valence-corrected chi connectivity index (χ0v) is 23.4. The van der Waals surface area contributed by atoms with Gasteiger partial charge in [0, 0.05) is 30.8 Å². The van der Waals surface area contributed by atoms with Crippen LogP contribution >= 0.6 is 0 Å². The molecule has 0 fully saturated rings. The number of fused-ring (bicyclic) bond motifs is 1. The number of hydrogen-bond donors (Lipinski definition) is 0. The third kappa shape index (κ3) is 4.61. The Kier molecular flexibility index (Phi) is 6.32. The molecule has 0 saturated heterocycles. The third-order valence-corrected chi connectivity index (χ3v) is 7.79. The van der Waals surface area contributed by atoms with Gasteiger partial charge in [-0.15, -0.1) is 0 Å². The SMILES string of the molecule is Cn1c(=O)n(C)c2cc(-c3cccc(-c4cc(-c5cccc(-c6ccccc6)c5)nc(-c5ccccc5)n4)c3)ccc21. The van der Waals surface area contributed by atoms with Crippen LogP contribution in [0.25, 0.3) is 67.2 Å². The van der Waals surface area contributed by atoms with E-state index in [4.69, 9.17) is 9.97 Å².